The number of carboxylic acids is 1. The van der Waals surface area contributed by atoms with E-state index in [4.69, 9.17) is 10.8 Å². The zero-order valence-corrected chi connectivity index (χ0v) is 9.16. The quantitative estimate of drug-likeness (QED) is 0.437. The van der Waals surface area contributed by atoms with E-state index >= 15 is 0 Å². The van der Waals surface area contributed by atoms with E-state index in [1.807, 2.05) is 0 Å². The second-order valence-corrected chi connectivity index (χ2v) is 3.38. The summed E-state index contributed by atoms with van der Waals surface area (Å²) in [7, 11) is 0. The third kappa shape index (κ3) is 7.60. The third-order valence-corrected chi connectivity index (χ3v) is 1.88. The number of carbonyl (C=O) groups is 3. The molecule has 0 aromatic carbocycles. The zero-order valence-electron chi connectivity index (χ0n) is 9.16. The van der Waals surface area contributed by atoms with Crippen LogP contribution in [0.1, 0.15) is 26.2 Å². The van der Waals surface area contributed by atoms with Crippen LogP contribution in [0.3, 0.4) is 0 Å². The molecule has 1 unspecified atom stereocenters. The molecule has 92 valence electrons. The van der Waals surface area contributed by atoms with Crippen LogP contribution in [-0.2, 0) is 9.59 Å². The monoisotopic (exact) mass is 231 g/mol. The van der Waals surface area contributed by atoms with Gasteiger partial charge in [-0.3, -0.25) is 9.59 Å². The van der Waals surface area contributed by atoms with Gasteiger partial charge in [0.25, 0.3) is 0 Å². The van der Waals surface area contributed by atoms with Crippen molar-refractivity contribution in [2.24, 2.45) is 5.73 Å². The predicted molar refractivity (Wildman–Crippen MR) is 56.7 cm³/mol. The number of unbranched alkanes of at least 4 members (excludes halogenated alkanes) is 1. The van der Waals surface area contributed by atoms with E-state index in [0.717, 1.165) is 0 Å². The first-order valence-corrected chi connectivity index (χ1v) is 4.99. The van der Waals surface area contributed by atoms with Crippen molar-refractivity contribution in [3.63, 3.8) is 0 Å². The average Bonchev–Trinajstić information content (AvgIpc) is 2.16. The Balaban J connectivity index is 3.51. The summed E-state index contributed by atoms with van der Waals surface area (Å²) in [4.78, 5) is 31.9. The van der Waals surface area contributed by atoms with E-state index in [1.165, 1.54) is 6.92 Å². The van der Waals surface area contributed by atoms with Crippen molar-refractivity contribution in [1.82, 2.24) is 10.6 Å². The average molecular weight is 231 g/mol. The van der Waals surface area contributed by atoms with Crippen molar-refractivity contribution < 1.29 is 19.5 Å². The number of hydrogen-bond acceptors (Lipinski definition) is 3. The Morgan fingerprint density at radius 3 is 2.44 bits per heavy atom. The molecule has 7 nitrogen and oxygen atoms in total. The lowest BCUT2D eigenvalue weighted by molar-refractivity contribution is -0.137. The number of nitrogens with two attached hydrogens (primary N) is 1. The van der Waals surface area contributed by atoms with Gasteiger partial charge in [-0.2, -0.15) is 0 Å². The smallest absolute Gasteiger partial charge is 0.315 e. The van der Waals surface area contributed by atoms with E-state index in [-0.39, 0.29) is 6.42 Å². The lowest BCUT2D eigenvalue weighted by Crippen LogP contribution is -2.46. The molecule has 0 saturated heterocycles. The van der Waals surface area contributed by atoms with E-state index in [2.05, 4.69) is 10.6 Å². The van der Waals surface area contributed by atoms with Crippen molar-refractivity contribution in [1.29, 1.82) is 0 Å². The number of rotatable bonds is 7. The molecule has 3 amide bonds. The summed E-state index contributed by atoms with van der Waals surface area (Å²) in [5.41, 5.74) is 4.95. The number of amides is 3. The molecule has 16 heavy (non-hydrogen) atoms. The molecule has 1 atom stereocenters. The molecular weight excluding hydrogens is 214 g/mol. The molecule has 0 aliphatic carbocycles. The van der Waals surface area contributed by atoms with Gasteiger partial charge >= 0.3 is 12.0 Å². The first kappa shape index (κ1) is 14.2. The van der Waals surface area contributed by atoms with Crippen molar-refractivity contribution >= 4 is 17.9 Å². The fourth-order valence-electron chi connectivity index (χ4n) is 0.922. The van der Waals surface area contributed by atoms with Gasteiger partial charge in [0.2, 0.25) is 5.91 Å². The number of urea groups is 1. The topological polar surface area (TPSA) is 122 Å². The fraction of sp³-hybridized carbons (Fsp3) is 0.667. The normalized spacial score (nSPS) is 11.6. The second kappa shape index (κ2) is 7.49. The van der Waals surface area contributed by atoms with Gasteiger partial charge in [0.1, 0.15) is 6.04 Å². The molecule has 0 radical (unpaired) electrons. The lowest BCUT2D eigenvalue weighted by atomic mass is 10.2. The van der Waals surface area contributed by atoms with Crippen LogP contribution in [-0.4, -0.2) is 35.6 Å². The minimum Gasteiger partial charge on any atom is -0.481 e. The largest absolute Gasteiger partial charge is 0.481 e. The molecular formula is C9H17N3O4. The molecule has 0 saturated carbocycles. The molecule has 0 aliphatic heterocycles. The summed E-state index contributed by atoms with van der Waals surface area (Å²) in [5.74, 6) is -1.46. The molecule has 7 heteroatoms. The van der Waals surface area contributed by atoms with Crippen molar-refractivity contribution in [3.05, 3.63) is 0 Å². The highest BCUT2D eigenvalue weighted by Crippen LogP contribution is 1.93. The summed E-state index contributed by atoms with van der Waals surface area (Å²) in [6, 6.07) is -1.21. The van der Waals surface area contributed by atoms with Gasteiger partial charge in [0.05, 0.1) is 0 Å². The minimum absolute atomic E-state index is 0.0843. The molecule has 0 bridgehead atoms. The van der Waals surface area contributed by atoms with Gasteiger partial charge in [-0.1, -0.05) is 0 Å². The van der Waals surface area contributed by atoms with Crippen LogP contribution in [0.2, 0.25) is 0 Å². The van der Waals surface area contributed by atoms with Gasteiger partial charge in [-0.15, -0.1) is 0 Å². The van der Waals surface area contributed by atoms with Gasteiger partial charge in [0.15, 0.2) is 0 Å². The lowest BCUT2D eigenvalue weighted by Gasteiger charge is -2.10. The van der Waals surface area contributed by atoms with Gasteiger partial charge in [0, 0.05) is 13.0 Å². The third-order valence-electron chi connectivity index (χ3n) is 1.88. The molecule has 0 aromatic rings. The number of carbonyl (C=O) groups excluding carboxylic acids is 2. The maximum Gasteiger partial charge on any atom is 0.315 e. The number of aliphatic carboxylic acids is 1. The van der Waals surface area contributed by atoms with Gasteiger partial charge in [-0.25, -0.2) is 4.79 Å². The number of hydrogen-bond donors (Lipinski definition) is 4. The summed E-state index contributed by atoms with van der Waals surface area (Å²) in [6.45, 7) is 1.84. The van der Waals surface area contributed by atoms with Crippen LogP contribution >= 0.6 is 0 Å². The molecule has 0 aliphatic rings. The number of nitrogens with one attached hydrogen (secondary N) is 2. The Labute approximate surface area is 93.4 Å². The fourth-order valence-corrected chi connectivity index (χ4v) is 0.922. The first-order chi connectivity index (χ1) is 7.43. The SMILES string of the molecule is CC(NC(=O)NCCCCC(=O)O)C(N)=O. The maximum atomic E-state index is 11.1. The zero-order chi connectivity index (χ0) is 12.6. The maximum absolute atomic E-state index is 11.1. The van der Waals surface area contributed by atoms with E-state index in [0.29, 0.717) is 19.4 Å². The number of primary amides is 1. The Kier molecular flexibility index (Phi) is 6.66. The molecule has 0 fully saturated rings. The summed E-state index contributed by atoms with van der Waals surface area (Å²) >= 11 is 0. The van der Waals surface area contributed by atoms with Gasteiger partial charge < -0.3 is 21.5 Å². The molecule has 5 N–H and O–H groups in total. The van der Waals surface area contributed by atoms with Crippen molar-refractivity contribution in [2.45, 2.75) is 32.2 Å². The first-order valence-electron chi connectivity index (χ1n) is 4.99. The van der Waals surface area contributed by atoms with Crippen LogP contribution in [0.25, 0.3) is 0 Å². The molecule has 0 rings (SSSR count). The van der Waals surface area contributed by atoms with Crippen molar-refractivity contribution in [3.8, 4) is 0 Å². The summed E-state index contributed by atoms with van der Waals surface area (Å²) in [6.07, 6.45) is 1.16. The Morgan fingerprint density at radius 1 is 1.31 bits per heavy atom. The van der Waals surface area contributed by atoms with E-state index in [1.54, 1.807) is 0 Å². The Bertz CT molecular complexity index is 267. The predicted octanol–water partition coefficient (Wildman–Crippen LogP) is -0.586. The highest BCUT2D eigenvalue weighted by molar-refractivity contribution is 5.85. The second-order valence-electron chi connectivity index (χ2n) is 3.38. The van der Waals surface area contributed by atoms with E-state index < -0.39 is 23.9 Å². The summed E-state index contributed by atoms with van der Waals surface area (Å²) in [5, 5.41) is 13.2. The van der Waals surface area contributed by atoms with Crippen LogP contribution in [0.5, 0.6) is 0 Å². The minimum atomic E-state index is -0.855. The highest BCUT2D eigenvalue weighted by atomic mass is 16.4. The molecule has 0 heterocycles. The Morgan fingerprint density at radius 2 is 1.94 bits per heavy atom. The van der Waals surface area contributed by atoms with Crippen LogP contribution in [0.4, 0.5) is 4.79 Å². The molecule has 0 spiro atoms. The van der Waals surface area contributed by atoms with Crippen LogP contribution in [0.15, 0.2) is 0 Å². The number of carboxylic acid groups (broad SMARTS) is 1. The highest BCUT2D eigenvalue weighted by Gasteiger charge is 2.10. The molecule has 0 aromatic heterocycles. The van der Waals surface area contributed by atoms with Crippen molar-refractivity contribution in [2.75, 3.05) is 6.54 Å². The summed E-state index contributed by atoms with van der Waals surface area (Å²) < 4.78 is 0. The van der Waals surface area contributed by atoms with Crippen LogP contribution in [0, 0.1) is 0 Å². The van der Waals surface area contributed by atoms with E-state index in [9.17, 15) is 14.4 Å². The standard InChI is InChI=1S/C9H17N3O4/c1-6(8(10)15)12-9(16)11-5-3-2-4-7(13)14/h6H,2-5H2,1H3,(H2,10,15)(H,13,14)(H2,11,12,16). The van der Waals surface area contributed by atoms with Crippen LogP contribution < -0.4 is 16.4 Å². The Hall–Kier alpha value is -1.79. The van der Waals surface area contributed by atoms with Gasteiger partial charge in [-0.05, 0) is 19.8 Å².